The highest BCUT2D eigenvalue weighted by molar-refractivity contribution is 7.96. The Balaban J connectivity index is 0. The molecule has 3 N–H and O–H groups in total. The molecule has 1 saturated heterocycles. The van der Waals surface area contributed by atoms with Gasteiger partial charge in [-0.25, -0.2) is 0 Å². The fraction of sp³-hybridized carbons (Fsp3) is 0.592. The van der Waals surface area contributed by atoms with E-state index >= 15 is 0 Å². The Hall–Kier alpha value is -2.57. The highest BCUT2D eigenvalue weighted by Crippen LogP contribution is 2.23. The fourth-order valence-electron chi connectivity index (χ4n) is 5.73. The summed E-state index contributed by atoms with van der Waals surface area (Å²) in [6.07, 6.45) is 13.3. The maximum absolute atomic E-state index is 4.50. The van der Waals surface area contributed by atoms with Crippen LogP contribution in [0.25, 0.3) is 5.70 Å². The van der Waals surface area contributed by atoms with Crippen molar-refractivity contribution in [3.05, 3.63) is 112 Å². The summed E-state index contributed by atoms with van der Waals surface area (Å²) in [5.74, 6) is 2.13. The van der Waals surface area contributed by atoms with Crippen LogP contribution in [0.3, 0.4) is 0 Å². The first-order valence-corrected chi connectivity index (χ1v) is 22.3. The molecule has 2 aliphatic rings. The van der Waals surface area contributed by atoms with Crippen LogP contribution in [0.4, 0.5) is 0 Å². The van der Waals surface area contributed by atoms with E-state index in [4.69, 9.17) is 0 Å². The predicted octanol–water partition coefficient (Wildman–Crippen LogP) is 13.1. The summed E-state index contributed by atoms with van der Waals surface area (Å²) in [5, 5.41) is 3.32. The van der Waals surface area contributed by atoms with Gasteiger partial charge in [-0.3, -0.25) is 9.21 Å². The van der Waals surface area contributed by atoms with E-state index in [-0.39, 0.29) is 0 Å². The van der Waals surface area contributed by atoms with E-state index < -0.39 is 0 Å². The van der Waals surface area contributed by atoms with Crippen LogP contribution in [0.15, 0.2) is 73.3 Å². The van der Waals surface area contributed by atoms with E-state index in [9.17, 15) is 0 Å². The molecule has 1 aliphatic carbocycles. The van der Waals surface area contributed by atoms with Gasteiger partial charge in [0, 0.05) is 24.5 Å². The fourth-order valence-corrected chi connectivity index (χ4v) is 6.39. The first-order chi connectivity index (χ1) is 26.1. The van der Waals surface area contributed by atoms with Crippen LogP contribution < -0.4 is 11.1 Å². The van der Waals surface area contributed by atoms with Crippen molar-refractivity contribution in [1.82, 2.24) is 14.5 Å². The topological polar surface area (TPSA) is 44.5 Å². The summed E-state index contributed by atoms with van der Waals surface area (Å²) in [6.45, 7) is 29.8. The van der Waals surface area contributed by atoms with Crippen molar-refractivity contribution < 1.29 is 0 Å². The summed E-state index contributed by atoms with van der Waals surface area (Å²) < 4.78 is 2.17. The van der Waals surface area contributed by atoms with Gasteiger partial charge < -0.3 is 11.1 Å². The average Bonchev–Trinajstić information content (AvgIpc) is 3.71. The van der Waals surface area contributed by atoms with Gasteiger partial charge >= 0.3 is 0 Å². The van der Waals surface area contributed by atoms with Gasteiger partial charge in [0.1, 0.15) is 0 Å². The molecule has 5 heteroatoms. The minimum Gasteiger partial charge on any atom is -0.385 e. The molecule has 0 saturated carbocycles. The zero-order valence-electron chi connectivity index (χ0n) is 37.6. The third kappa shape index (κ3) is 27.9. The normalized spacial score (nSPS) is 12.6. The van der Waals surface area contributed by atoms with Gasteiger partial charge in [0.25, 0.3) is 0 Å². The Kier molecular flexibility index (Phi) is 35.8. The van der Waals surface area contributed by atoms with Gasteiger partial charge in [-0.2, -0.15) is 0 Å². The second-order valence-corrected chi connectivity index (χ2v) is 15.7. The molecule has 1 aliphatic heterocycles. The lowest BCUT2D eigenvalue weighted by Crippen LogP contribution is -2.18. The van der Waals surface area contributed by atoms with Crippen LogP contribution in [-0.2, 0) is 19.4 Å². The summed E-state index contributed by atoms with van der Waals surface area (Å²) in [7, 11) is 5.69. The molecule has 308 valence electrons. The third-order valence-corrected chi connectivity index (χ3v) is 9.77. The van der Waals surface area contributed by atoms with E-state index in [1.165, 1.54) is 124 Å². The maximum atomic E-state index is 4.50. The van der Waals surface area contributed by atoms with Gasteiger partial charge in [0.2, 0.25) is 0 Å². The molecule has 4 nitrogen and oxygen atoms in total. The van der Waals surface area contributed by atoms with Crippen LogP contribution in [0, 0.1) is 26.7 Å². The Morgan fingerprint density at radius 2 is 1.26 bits per heavy atom. The van der Waals surface area contributed by atoms with E-state index in [1.807, 2.05) is 39.6 Å². The number of rotatable bonds is 12. The van der Waals surface area contributed by atoms with Crippen molar-refractivity contribution in [2.75, 3.05) is 46.5 Å². The van der Waals surface area contributed by atoms with Gasteiger partial charge in [0.15, 0.2) is 0 Å². The lowest BCUT2D eigenvalue weighted by Gasteiger charge is -2.19. The second-order valence-electron chi connectivity index (χ2n) is 14.3. The standard InChI is InChI=1S/C15H21N.C13H19N.C8H19NS.C8H10.2C2H6.CH5N/c1-2-6-15-11-13(7-8-14(15)5-1)12-16-9-3-4-10-16;1-4-5-10-14-12(3)13-8-6-11(2)7-9-13;1-8(2)6-5-7-10-9(3)4;1-7-3-5-8(2)6-4-7;3*1-2/h7-8,11H,1-6,9-10,12H2;6-9,14H,3-5,10H2,1-2H3;8H,5-7H2,1-4H3;3-6H,1-2H3;2*1-2H3;2H2,1H3. The van der Waals surface area contributed by atoms with E-state index in [0.717, 1.165) is 18.2 Å². The highest BCUT2D eigenvalue weighted by atomic mass is 32.2. The number of fused-ring (bicyclic) bond motifs is 1. The second kappa shape index (κ2) is 36.1. The Morgan fingerprint density at radius 1 is 0.759 bits per heavy atom. The molecular weight excluding hydrogens is 677 g/mol. The van der Waals surface area contributed by atoms with Gasteiger partial charge in [-0.05, 0) is 135 Å². The van der Waals surface area contributed by atoms with E-state index in [2.05, 4.69) is 149 Å². The maximum Gasteiger partial charge on any atom is 0.0340 e. The van der Waals surface area contributed by atoms with Crippen molar-refractivity contribution in [3.63, 3.8) is 0 Å². The molecule has 0 bridgehead atoms. The predicted molar refractivity (Wildman–Crippen MR) is 250 cm³/mol. The van der Waals surface area contributed by atoms with Crippen LogP contribution >= 0.6 is 11.9 Å². The summed E-state index contributed by atoms with van der Waals surface area (Å²) in [5.41, 5.74) is 15.4. The third-order valence-electron chi connectivity index (χ3n) is 8.78. The molecule has 0 spiro atoms. The molecule has 0 unspecified atom stereocenters. The first kappa shape index (κ1) is 53.5. The average molecular weight is 763 g/mol. The van der Waals surface area contributed by atoms with Crippen molar-refractivity contribution in [3.8, 4) is 0 Å². The minimum atomic E-state index is 0.864. The summed E-state index contributed by atoms with van der Waals surface area (Å²) in [4.78, 5) is 2.59. The SMILES string of the molecule is C=C(NCCCC)c1ccc(C)cc1.CC.CC.CC(C)CCCSN(C)C.CN.Cc1ccc(C)cc1.c1cc2c(cc1CN1CCCC1)CCCC2. The largest absolute Gasteiger partial charge is 0.385 e. The van der Waals surface area contributed by atoms with Gasteiger partial charge in [-0.1, -0.05) is 163 Å². The Morgan fingerprint density at radius 3 is 1.74 bits per heavy atom. The number of nitrogens with two attached hydrogens (primary N) is 1. The van der Waals surface area contributed by atoms with Crippen molar-refractivity contribution >= 4 is 17.6 Å². The molecule has 3 aromatic carbocycles. The van der Waals surface area contributed by atoms with Gasteiger partial charge in [0.05, 0.1) is 0 Å². The molecule has 0 atom stereocenters. The number of unbranched alkanes of at least 4 members (excludes halogenated alkanes) is 1. The number of aryl methyl sites for hydroxylation is 5. The van der Waals surface area contributed by atoms with Crippen molar-refractivity contribution in [2.24, 2.45) is 11.7 Å². The van der Waals surface area contributed by atoms with E-state index in [1.54, 1.807) is 11.1 Å². The molecule has 0 amide bonds. The molecule has 0 radical (unpaired) electrons. The summed E-state index contributed by atoms with van der Waals surface area (Å²) in [6, 6.07) is 24.1. The smallest absolute Gasteiger partial charge is 0.0340 e. The van der Waals surface area contributed by atoms with Crippen molar-refractivity contribution in [1.29, 1.82) is 0 Å². The van der Waals surface area contributed by atoms with Crippen LogP contribution in [-0.4, -0.2) is 55.7 Å². The number of hydrogen-bond donors (Lipinski definition) is 2. The molecule has 3 aromatic rings. The van der Waals surface area contributed by atoms with Crippen LogP contribution in [0.2, 0.25) is 0 Å². The molecule has 1 heterocycles. The highest BCUT2D eigenvalue weighted by Gasteiger charge is 2.14. The molecule has 1 fully saturated rings. The van der Waals surface area contributed by atoms with E-state index in [0.29, 0.717) is 0 Å². The molecular formula is C49H86N4S. The molecule has 0 aromatic heterocycles. The summed E-state index contributed by atoms with van der Waals surface area (Å²) >= 11 is 1.91. The Bertz CT molecular complexity index is 1230. The number of benzene rings is 3. The number of nitrogens with zero attached hydrogens (tertiary/aromatic N) is 2. The molecule has 54 heavy (non-hydrogen) atoms. The zero-order chi connectivity index (χ0) is 41.1. The Labute approximate surface area is 341 Å². The number of nitrogens with one attached hydrogen (secondary N) is 1. The first-order valence-electron chi connectivity index (χ1n) is 21.3. The monoisotopic (exact) mass is 763 g/mol. The molecule has 5 rings (SSSR count). The lowest BCUT2D eigenvalue weighted by molar-refractivity contribution is 0.331. The van der Waals surface area contributed by atoms with Crippen LogP contribution in [0.5, 0.6) is 0 Å². The van der Waals surface area contributed by atoms with Crippen molar-refractivity contribution in [2.45, 2.75) is 140 Å². The minimum absolute atomic E-state index is 0.864. The lowest BCUT2D eigenvalue weighted by atomic mass is 9.90. The van der Waals surface area contributed by atoms with Crippen LogP contribution in [0.1, 0.15) is 139 Å². The van der Waals surface area contributed by atoms with Gasteiger partial charge in [-0.15, -0.1) is 0 Å². The number of likely N-dealkylation sites (tertiary alicyclic amines) is 1. The quantitative estimate of drug-likeness (QED) is 0.142. The number of hydrogen-bond acceptors (Lipinski definition) is 5. The zero-order valence-corrected chi connectivity index (χ0v) is 38.4.